The van der Waals surface area contributed by atoms with Crippen LogP contribution in [-0.2, 0) is 11.2 Å². The maximum atomic E-state index is 5.74. The highest BCUT2D eigenvalue weighted by atomic mass is 16.5. The van der Waals surface area contributed by atoms with E-state index in [0.717, 1.165) is 44.2 Å². The second-order valence-corrected chi connectivity index (χ2v) is 7.19. The Hall–Kier alpha value is -1.30. The molecule has 1 aliphatic carbocycles. The third-order valence-electron chi connectivity index (χ3n) is 5.46. The topological polar surface area (TPSA) is 51.8 Å². The van der Waals surface area contributed by atoms with E-state index in [1.165, 1.54) is 24.8 Å². The van der Waals surface area contributed by atoms with Crippen molar-refractivity contribution in [1.82, 2.24) is 10.6 Å². The molecule has 2 fully saturated rings. The number of morpholine rings is 1. The van der Waals surface area contributed by atoms with Gasteiger partial charge in [0.2, 0.25) is 0 Å². The van der Waals surface area contributed by atoms with E-state index in [0.29, 0.717) is 31.2 Å². The number of hydrogen-bond donors (Lipinski definition) is 2. The fourth-order valence-corrected chi connectivity index (χ4v) is 4.24. The third-order valence-corrected chi connectivity index (χ3v) is 5.46. The molecule has 5 nitrogen and oxygen atoms in total. The molecule has 146 valence electrons. The minimum atomic E-state index is 0.513. The summed E-state index contributed by atoms with van der Waals surface area (Å²) in [5, 5.41) is 7.44. The van der Waals surface area contributed by atoms with Crippen molar-refractivity contribution in [3.8, 4) is 11.5 Å². The zero-order chi connectivity index (χ0) is 18.2. The van der Waals surface area contributed by atoms with Gasteiger partial charge < -0.3 is 24.8 Å². The fourth-order valence-electron chi connectivity index (χ4n) is 4.24. The molecule has 0 bridgehead atoms. The first-order valence-corrected chi connectivity index (χ1v) is 10.2. The van der Waals surface area contributed by atoms with E-state index in [9.17, 15) is 0 Å². The molecular weight excluding hydrogens is 328 g/mol. The average molecular weight is 363 g/mol. The van der Waals surface area contributed by atoms with Crippen LogP contribution in [0.4, 0.5) is 0 Å². The molecule has 1 aliphatic heterocycles. The van der Waals surface area contributed by atoms with Crippen molar-refractivity contribution in [2.75, 3.05) is 39.5 Å². The van der Waals surface area contributed by atoms with Gasteiger partial charge in [0, 0.05) is 18.6 Å². The quantitative estimate of drug-likeness (QED) is 0.707. The SMILES string of the molecule is CCOc1ccc(CCNC2CCCC2C2COCCN2)cc1OCC. The lowest BCUT2D eigenvalue weighted by Gasteiger charge is -2.33. The lowest BCUT2D eigenvalue weighted by Crippen LogP contribution is -2.51. The fraction of sp³-hybridized carbons (Fsp3) is 0.714. The van der Waals surface area contributed by atoms with Gasteiger partial charge in [0.25, 0.3) is 0 Å². The van der Waals surface area contributed by atoms with Crippen LogP contribution in [0.25, 0.3) is 0 Å². The van der Waals surface area contributed by atoms with Gasteiger partial charge in [0.05, 0.1) is 26.4 Å². The van der Waals surface area contributed by atoms with E-state index < -0.39 is 0 Å². The van der Waals surface area contributed by atoms with Crippen LogP contribution in [0.3, 0.4) is 0 Å². The minimum Gasteiger partial charge on any atom is -0.490 e. The lowest BCUT2D eigenvalue weighted by atomic mass is 9.94. The zero-order valence-electron chi connectivity index (χ0n) is 16.3. The Morgan fingerprint density at radius 2 is 2.00 bits per heavy atom. The standard InChI is InChI=1S/C21H34N2O3/c1-3-25-20-9-8-16(14-21(20)26-4-2)10-11-22-18-7-5-6-17(18)19-15-24-13-12-23-19/h8-9,14,17-19,22-23H,3-7,10-13,15H2,1-2H3. The highest BCUT2D eigenvalue weighted by molar-refractivity contribution is 5.43. The summed E-state index contributed by atoms with van der Waals surface area (Å²) in [6.07, 6.45) is 4.90. The van der Waals surface area contributed by atoms with Crippen LogP contribution in [0.5, 0.6) is 11.5 Å². The lowest BCUT2D eigenvalue weighted by molar-refractivity contribution is 0.0526. The highest BCUT2D eigenvalue weighted by Crippen LogP contribution is 2.30. The van der Waals surface area contributed by atoms with Gasteiger partial charge in [0.15, 0.2) is 11.5 Å². The van der Waals surface area contributed by atoms with Crippen LogP contribution in [-0.4, -0.2) is 51.6 Å². The Morgan fingerprint density at radius 3 is 2.77 bits per heavy atom. The number of ether oxygens (including phenoxy) is 3. The molecular formula is C21H34N2O3. The smallest absolute Gasteiger partial charge is 0.161 e. The van der Waals surface area contributed by atoms with Gasteiger partial charge in [-0.05, 0) is 63.3 Å². The first-order valence-electron chi connectivity index (χ1n) is 10.2. The monoisotopic (exact) mass is 362 g/mol. The van der Waals surface area contributed by atoms with Crippen molar-refractivity contribution in [2.45, 2.75) is 51.6 Å². The largest absolute Gasteiger partial charge is 0.490 e. The van der Waals surface area contributed by atoms with Crippen LogP contribution in [0.2, 0.25) is 0 Å². The molecule has 2 aliphatic rings. The predicted octanol–water partition coefficient (Wildman–Crippen LogP) is 2.77. The molecule has 1 heterocycles. The molecule has 1 saturated heterocycles. The second-order valence-electron chi connectivity index (χ2n) is 7.19. The summed E-state index contributed by atoms with van der Waals surface area (Å²) in [5.74, 6) is 2.38. The maximum absolute atomic E-state index is 5.74. The predicted molar refractivity (Wildman–Crippen MR) is 104 cm³/mol. The van der Waals surface area contributed by atoms with Gasteiger partial charge in [-0.15, -0.1) is 0 Å². The van der Waals surface area contributed by atoms with Gasteiger partial charge in [-0.1, -0.05) is 12.5 Å². The van der Waals surface area contributed by atoms with E-state index in [1.807, 2.05) is 19.9 Å². The first kappa shape index (κ1) is 19.5. The molecule has 2 N–H and O–H groups in total. The molecule has 0 spiro atoms. The van der Waals surface area contributed by atoms with E-state index in [4.69, 9.17) is 14.2 Å². The van der Waals surface area contributed by atoms with Gasteiger partial charge in [-0.3, -0.25) is 0 Å². The van der Waals surface area contributed by atoms with Gasteiger partial charge in [0.1, 0.15) is 0 Å². The van der Waals surface area contributed by atoms with Crippen LogP contribution < -0.4 is 20.1 Å². The van der Waals surface area contributed by atoms with Crippen molar-refractivity contribution >= 4 is 0 Å². The summed E-state index contributed by atoms with van der Waals surface area (Å²) < 4.78 is 17.1. The van der Waals surface area contributed by atoms with Crippen LogP contribution in [0.1, 0.15) is 38.7 Å². The number of rotatable bonds is 9. The summed E-state index contributed by atoms with van der Waals surface area (Å²) >= 11 is 0. The molecule has 0 amide bonds. The Balaban J connectivity index is 1.51. The summed E-state index contributed by atoms with van der Waals surface area (Å²) in [7, 11) is 0. The number of benzene rings is 1. The molecule has 5 heteroatoms. The molecule has 3 unspecified atom stereocenters. The summed E-state index contributed by atoms with van der Waals surface area (Å²) in [4.78, 5) is 0. The van der Waals surface area contributed by atoms with Gasteiger partial charge >= 0.3 is 0 Å². The number of nitrogens with one attached hydrogen (secondary N) is 2. The number of hydrogen-bond acceptors (Lipinski definition) is 5. The van der Waals surface area contributed by atoms with Crippen LogP contribution in [0.15, 0.2) is 18.2 Å². The third kappa shape index (κ3) is 5.12. The average Bonchev–Trinajstić information content (AvgIpc) is 3.13. The Labute approximate surface area is 157 Å². The van der Waals surface area contributed by atoms with Crippen molar-refractivity contribution in [1.29, 1.82) is 0 Å². The first-order chi connectivity index (χ1) is 12.8. The molecule has 1 saturated carbocycles. The van der Waals surface area contributed by atoms with Crippen LogP contribution >= 0.6 is 0 Å². The Kier molecular flexibility index (Phi) is 7.59. The Bertz CT molecular complexity index is 546. The molecule has 3 rings (SSSR count). The molecule has 1 aromatic rings. The van der Waals surface area contributed by atoms with E-state index in [-0.39, 0.29) is 0 Å². The van der Waals surface area contributed by atoms with E-state index >= 15 is 0 Å². The molecule has 1 aromatic carbocycles. The maximum Gasteiger partial charge on any atom is 0.161 e. The van der Waals surface area contributed by atoms with E-state index in [2.05, 4.69) is 22.8 Å². The van der Waals surface area contributed by atoms with Crippen LogP contribution in [0, 0.1) is 5.92 Å². The second kappa shape index (κ2) is 10.1. The highest BCUT2D eigenvalue weighted by Gasteiger charge is 2.34. The molecule has 3 atom stereocenters. The minimum absolute atomic E-state index is 0.513. The van der Waals surface area contributed by atoms with E-state index in [1.54, 1.807) is 0 Å². The van der Waals surface area contributed by atoms with Crippen molar-refractivity contribution in [2.24, 2.45) is 5.92 Å². The van der Waals surface area contributed by atoms with Crippen molar-refractivity contribution in [3.63, 3.8) is 0 Å². The zero-order valence-corrected chi connectivity index (χ0v) is 16.3. The molecule has 26 heavy (non-hydrogen) atoms. The van der Waals surface area contributed by atoms with Gasteiger partial charge in [-0.25, -0.2) is 0 Å². The van der Waals surface area contributed by atoms with Gasteiger partial charge in [-0.2, -0.15) is 0 Å². The molecule has 0 radical (unpaired) electrons. The normalized spacial score (nSPS) is 26.0. The summed E-state index contributed by atoms with van der Waals surface area (Å²) in [5.41, 5.74) is 1.29. The molecule has 0 aromatic heterocycles. The van der Waals surface area contributed by atoms with Crippen molar-refractivity contribution < 1.29 is 14.2 Å². The summed E-state index contributed by atoms with van der Waals surface area (Å²) in [6, 6.07) is 7.42. The summed E-state index contributed by atoms with van der Waals surface area (Å²) in [6.45, 7) is 9.01. The van der Waals surface area contributed by atoms with Crippen molar-refractivity contribution in [3.05, 3.63) is 23.8 Å². The Morgan fingerprint density at radius 1 is 1.15 bits per heavy atom.